The van der Waals surface area contributed by atoms with Crippen LogP contribution in [-0.4, -0.2) is 35.5 Å². The quantitative estimate of drug-likeness (QED) is 0.673. The molecule has 1 fully saturated rings. The number of nitrogens with one attached hydrogen (secondary N) is 1. The van der Waals surface area contributed by atoms with Crippen molar-refractivity contribution in [2.24, 2.45) is 0 Å². The summed E-state index contributed by atoms with van der Waals surface area (Å²) in [5, 5.41) is 14.0. The van der Waals surface area contributed by atoms with Crippen LogP contribution in [0, 0.1) is 10.1 Å². The molecule has 5 nitrogen and oxygen atoms in total. The van der Waals surface area contributed by atoms with Crippen LogP contribution in [0.2, 0.25) is 0 Å². The number of nitro benzene ring substituents is 1. The summed E-state index contributed by atoms with van der Waals surface area (Å²) < 4.78 is 0. The van der Waals surface area contributed by atoms with E-state index in [1.54, 1.807) is 12.1 Å². The molecule has 1 N–H and O–H groups in total. The number of piperazine rings is 1. The number of nitro groups is 1. The molecule has 0 saturated carbocycles. The minimum atomic E-state index is -0.343. The number of non-ortho nitro benzene ring substituents is 1. The van der Waals surface area contributed by atoms with Crippen molar-refractivity contribution in [3.8, 4) is 0 Å². The summed E-state index contributed by atoms with van der Waals surface area (Å²) in [6.07, 6.45) is 0. The van der Waals surface area contributed by atoms with E-state index in [9.17, 15) is 10.1 Å². The number of halogens is 1. The minimum absolute atomic E-state index is 0. The molecule has 0 unspecified atom stereocenters. The van der Waals surface area contributed by atoms with Gasteiger partial charge in [-0.2, -0.15) is 0 Å². The van der Waals surface area contributed by atoms with Gasteiger partial charge in [-0.1, -0.05) is 12.1 Å². The Morgan fingerprint density at radius 2 is 2.33 bits per heavy atom. The van der Waals surface area contributed by atoms with Gasteiger partial charge in [0.15, 0.2) is 0 Å². The fourth-order valence-electron chi connectivity index (χ4n) is 2.12. The van der Waals surface area contributed by atoms with Crippen LogP contribution in [0.5, 0.6) is 0 Å². The predicted molar refractivity (Wildman–Crippen MR) is 73.1 cm³/mol. The topological polar surface area (TPSA) is 58.4 Å². The van der Waals surface area contributed by atoms with E-state index in [0.29, 0.717) is 6.04 Å². The van der Waals surface area contributed by atoms with E-state index in [0.717, 1.165) is 31.7 Å². The number of rotatable bonds is 3. The summed E-state index contributed by atoms with van der Waals surface area (Å²) >= 11 is 0. The van der Waals surface area contributed by atoms with Gasteiger partial charge in [0, 0.05) is 44.4 Å². The Balaban J connectivity index is 0.00000162. The van der Waals surface area contributed by atoms with Crippen molar-refractivity contribution in [2.45, 2.75) is 19.5 Å². The van der Waals surface area contributed by atoms with Crippen LogP contribution in [0.3, 0.4) is 0 Å². The molecule has 0 aliphatic carbocycles. The third-order valence-corrected chi connectivity index (χ3v) is 3.15. The molecule has 0 aromatic heterocycles. The molecule has 1 heterocycles. The minimum Gasteiger partial charge on any atom is -0.314 e. The fraction of sp³-hybridized carbons (Fsp3) is 0.500. The van der Waals surface area contributed by atoms with Gasteiger partial charge in [0.05, 0.1) is 4.92 Å². The maximum atomic E-state index is 10.7. The summed E-state index contributed by atoms with van der Waals surface area (Å²) in [5.74, 6) is 0. The first kappa shape index (κ1) is 14.9. The van der Waals surface area contributed by atoms with E-state index in [-0.39, 0.29) is 23.0 Å². The molecule has 6 heteroatoms. The Labute approximate surface area is 113 Å². The van der Waals surface area contributed by atoms with Crippen LogP contribution in [0.15, 0.2) is 24.3 Å². The molecule has 1 aromatic rings. The molecular weight excluding hydrogens is 254 g/mol. The standard InChI is InChI=1S/C12H17N3O2.ClH/c1-10-8-13-5-6-14(10)9-11-3-2-4-12(7-11)15(16)17;/h2-4,7,10,13H,5-6,8-9H2,1H3;1H/t10-;/m1./s1. The Bertz CT molecular complexity index is 414. The molecule has 1 aliphatic heterocycles. The molecule has 0 spiro atoms. The van der Waals surface area contributed by atoms with Crippen LogP contribution in [0.4, 0.5) is 5.69 Å². The number of nitrogens with zero attached hydrogens (tertiary/aromatic N) is 2. The van der Waals surface area contributed by atoms with Gasteiger partial charge in [-0.3, -0.25) is 15.0 Å². The molecule has 2 rings (SSSR count). The van der Waals surface area contributed by atoms with Crippen molar-refractivity contribution in [2.75, 3.05) is 19.6 Å². The third-order valence-electron chi connectivity index (χ3n) is 3.15. The van der Waals surface area contributed by atoms with Crippen LogP contribution in [-0.2, 0) is 6.54 Å². The number of hydrogen-bond donors (Lipinski definition) is 1. The summed E-state index contributed by atoms with van der Waals surface area (Å²) in [4.78, 5) is 12.7. The van der Waals surface area contributed by atoms with Gasteiger partial charge in [-0.15, -0.1) is 12.4 Å². The zero-order valence-corrected chi connectivity index (χ0v) is 11.2. The summed E-state index contributed by atoms with van der Waals surface area (Å²) in [7, 11) is 0. The van der Waals surface area contributed by atoms with Crippen molar-refractivity contribution in [1.29, 1.82) is 0 Å². The first-order valence-electron chi connectivity index (χ1n) is 5.85. The van der Waals surface area contributed by atoms with Crippen molar-refractivity contribution in [1.82, 2.24) is 10.2 Å². The summed E-state index contributed by atoms with van der Waals surface area (Å²) in [6.45, 7) is 5.91. The van der Waals surface area contributed by atoms with E-state index in [1.807, 2.05) is 6.07 Å². The van der Waals surface area contributed by atoms with E-state index in [1.165, 1.54) is 6.07 Å². The second kappa shape index (κ2) is 6.68. The third kappa shape index (κ3) is 3.66. The first-order chi connectivity index (χ1) is 8.16. The monoisotopic (exact) mass is 271 g/mol. The average molecular weight is 272 g/mol. The van der Waals surface area contributed by atoms with E-state index >= 15 is 0 Å². The zero-order chi connectivity index (χ0) is 12.3. The lowest BCUT2D eigenvalue weighted by atomic mass is 10.1. The van der Waals surface area contributed by atoms with Crippen molar-refractivity contribution in [3.63, 3.8) is 0 Å². The first-order valence-corrected chi connectivity index (χ1v) is 5.85. The second-order valence-corrected chi connectivity index (χ2v) is 4.45. The molecule has 0 bridgehead atoms. The van der Waals surface area contributed by atoms with Gasteiger partial charge >= 0.3 is 0 Å². The highest BCUT2D eigenvalue weighted by atomic mass is 35.5. The van der Waals surface area contributed by atoms with Gasteiger partial charge in [0.2, 0.25) is 0 Å². The Hall–Kier alpha value is -1.17. The fourth-order valence-corrected chi connectivity index (χ4v) is 2.12. The summed E-state index contributed by atoms with van der Waals surface area (Å²) in [5.41, 5.74) is 1.18. The van der Waals surface area contributed by atoms with Crippen molar-refractivity contribution >= 4 is 18.1 Å². The highest BCUT2D eigenvalue weighted by Gasteiger charge is 2.18. The molecule has 1 saturated heterocycles. The molecule has 1 aromatic carbocycles. The molecular formula is C12H18ClN3O2. The lowest BCUT2D eigenvalue weighted by Crippen LogP contribution is -2.49. The molecule has 0 radical (unpaired) electrons. The average Bonchev–Trinajstić information content (AvgIpc) is 2.32. The van der Waals surface area contributed by atoms with E-state index in [2.05, 4.69) is 17.1 Å². The number of benzene rings is 1. The van der Waals surface area contributed by atoms with Gasteiger partial charge in [-0.25, -0.2) is 0 Å². The zero-order valence-electron chi connectivity index (χ0n) is 10.3. The second-order valence-electron chi connectivity index (χ2n) is 4.45. The lowest BCUT2D eigenvalue weighted by molar-refractivity contribution is -0.384. The highest BCUT2D eigenvalue weighted by molar-refractivity contribution is 5.85. The normalized spacial score (nSPS) is 20.2. The van der Waals surface area contributed by atoms with Crippen LogP contribution in [0.1, 0.15) is 12.5 Å². The van der Waals surface area contributed by atoms with Gasteiger partial charge in [-0.05, 0) is 12.5 Å². The van der Waals surface area contributed by atoms with Gasteiger partial charge in [0.1, 0.15) is 0 Å². The smallest absolute Gasteiger partial charge is 0.269 e. The Kier molecular flexibility index (Phi) is 5.53. The van der Waals surface area contributed by atoms with Crippen LogP contribution >= 0.6 is 12.4 Å². The maximum absolute atomic E-state index is 10.7. The Morgan fingerprint density at radius 1 is 1.56 bits per heavy atom. The van der Waals surface area contributed by atoms with Crippen molar-refractivity contribution < 1.29 is 4.92 Å². The van der Waals surface area contributed by atoms with Gasteiger partial charge < -0.3 is 5.32 Å². The van der Waals surface area contributed by atoms with Crippen molar-refractivity contribution in [3.05, 3.63) is 39.9 Å². The lowest BCUT2D eigenvalue weighted by Gasteiger charge is -2.33. The predicted octanol–water partition coefficient (Wildman–Crippen LogP) is 1.81. The van der Waals surface area contributed by atoms with Gasteiger partial charge in [0.25, 0.3) is 5.69 Å². The SMILES string of the molecule is C[C@@H]1CNCCN1Cc1cccc([N+](=O)[O-])c1.Cl. The highest BCUT2D eigenvalue weighted by Crippen LogP contribution is 2.16. The maximum Gasteiger partial charge on any atom is 0.269 e. The molecule has 100 valence electrons. The van der Waals surface area contributed by atoms with E-state index < -0.39 is 0 Å². The molecule has 0 amide bonds. The largest absolute Gasteiger partial charge is 0.314 e. The van der Waals surface area contributed by atoms with Crippen LogP contribution in [0.25, 0.3) is 0 Å². The Morgan fingerprint density at radius 3 is 3.00 bits per heavy atom. The van der Waals surface area contributed by atoms with E-state index in [4.69, 9.17) is 0 Å². The molecule has 18 heavy (non-hydrogen) atoms. The number of hydrogen-bond acceptors (Lipinski definition) is 4. The summed E-state index contributed by atoms with van der Waals surface area (Å²) in [6, 6.07) is 7.37. The molecule has 1 atom stereocenters. The molecule has 1 aliphatic rings. The van der Waals surface area contributed by atoms with Crippen LogP contribution < -0.4 is 5.32 Å².